The number of nitrogens with two attached hydrogens (primary N) is 1. The second-order valence-electron chi connectivity index (χ2n) is 7.10. The minimum atomic E-state index is 0.165. The quantitative estimate of drug-likeness (QED) is 0.635. The Bertz CT molecular complexity index is 710. The zero-order valence-electron chi connectivity index (χ0n) is 14.1. The maximum absolute atomic E-state index is 7.62. The second-order valence-corrected chi connectivity index (χ2v) is 7.10. The van der Waals surface area contributed by atoms with E-state index in [9.17, 15) is 0 Å². The Morgan fingerprint density at radius 1 is 0.917 bits per heavy atom. The summed E-state index contributed by atoms with van der Waals surface area (Å²) >= 11 is 0. The summed E-state index contributed by atoms with van der Waals surface area (Å²) in [5.41, 5.74) is 11.3. The number of hydrogen-bond donors (Lipinski definition) is 2. The lowest BCUT2D eigenvalue weighted by Gasteiger charge is -2.47. The van der Waals surface area contributed by atoms with Crippen molar-refractivity contribution in [3.05, 3.63) is 59.7 Å². The van der Waals surface area contributed by atoms with Crippen LogP contribution < -0.4 is 10.6 Å². The molecular weight excluding hydrogens is 294 g/mol. The Morgan fingerprint density at radius 3 is 2.00 bits per heavy atom. The smallest absolute Gasteiger partial charge is 0.0923 e. The highest BCUT2D eigenvalue weighted by Gasteiger charge is 2.43. The summed E-state index contributed by atoms with van der Waals surface area (Å²) in [7, 11) is 0. The van der Waals surface area contributed by atoms with Gasteiger partial charge in [-0.05, 0) is 36.1 Å². The molecule has 2 aromatic carbocycles. The Labute approximate surface area is 144 Å². The second kappa shape index (κ2) is 5.97. The van der Waals surface area contributed by atoms with Crippen LogP contribution in [0.1, 0.15) is 49.7 Å². The molecule has 0 radical (unpaired) electrons. The number of para-hydroxylation sites is 2. The van der Waals surface area contributed by atoms with Crippen LogP contribution in [0.15, 0.2) is 48.5 Å². The highest BCUT2D eigenvalue weighted by molar-refractivity contribution is 5.81. The van der Waals surface area contributed by atoms with Gasteiger partial charge in [0.25, 0.3) is 0 Å². The highest BCUT2D eigenvalue weighted by atomic mass is 15.2. The van der Waals surface area contributed by atoms with Gasteiger partial charge in [0.15, 0.2) is 0 Å². The molecule has 4 rings (SSSR count). The molecule has 0 saturated heterocycles. The van der Waals surface area contributed by atoms with Crippen LogP contribution in [-0.4, -0.2) is 12.4 Å². The number of nitrogens with one attached hydrogen (secondary N) is 1. The zero-order valence-corrected chi connectivity index (χ0v) is 14.1. The fourth-order valence-corrected chi connectivity index (χ4v) is 4.67. The fourth-order valence-electron chi connectivity index (χ4n) is 4.67. The molecule has 1 aliphatic carbocycles. The molecule has 2 aliphatic rings. The third kappa shape index (κ3) is 2.31. The minimum Gasteiger partial charge on any atom is -0.388 e. The van der Waals surface area contributed by atoms with Gasteiger partial charge >= 0.3 is 0 Å². The van der Waals surface area contributed by atoms with Gasteiger partial charge in [0.2, 0.25) is 0 Å². The molecule has 1 heterocycles. The number of rotatable bonds is 3. The van der Waals surface area contributed by atoms with Crippen LogP contribution in [0, 0.1) is 5.41 Å². The number of fused-ring (bicyclic) bond motifs is 4. The van der Waals surface area contributed by atoms with Gasteiger partial charge in [-0.25, -0.2) is 0 Å². The third-order valence-electron chi connectivity index (χ3n) is 5.73. The normalized spacial score (nSPS) is 18.1. The van der Waals surface area contributed by atoms with Gasteiger partial charge in [-0.1, -0.05) is 55.7 Å². The monoisotopic (exact) mass is 319 g/mol. The van der Waals surface area contributed by atoms with Gasteiger partial charge in [0, 0.05) is 29.8 Å². The van der Waals surface area contributed by atoms with Crippen molar-refractivity contribution in [2.45, 2.75) is 43.9 Å². The van der Waals surface area contributed by atoms with Gasteiger partial charge < -0.3 is 10.6 Å². The molecule has 3 N–H and O–H groups in total. The topological polar surface area (TPSA) is 53.1 Å². The average molecular weight is 319 g/mol. The molecule has 1 fully saturated rings. The van der Waals surface area contributed by atoms with Crippen molar-refractivity contribution in [2.24, 2.45) is 5.73 Å². The number of benzene rings is 2. The lowest BCUT2D eigenvalue weighted by atomic mass is 9.63. The predicted octanol–water partition coefficient (Wildman–Crippen LogP) is 4.71. The number of amidine groups is 1. The first-order valence-corrected chi connectivity index (χ1v) is 9.02. The Balaban J connectivity index is 1.89. The van der Waals surface area contributed by atoms with Crippen LogP contribution in [0.2, 0.25) is 0 Å². The van der Waals surface area contributed by atoms with E-state index in [1.165, 1.54) is 54.6 Å². The minimum absolute atomic E-state index is 0.165. The lowest BCUT2D eigenvalue weighted by molar-refractivity contribution is 0.343. The van der Waals surface area contributed by atoms with Gasteiger partial charge in [-0.2, -0.15) is 0 Å². The van der Waals surface area contributed by atoms with Crippen molar-refractivity contribution in [1.29, 1.82) is 5.41 Å². The summed E-state index contributed by atoms with van der Waals surface area (Å²) in [6.07, 6.45) is 7.02. The van der Waals surface area contributed by atoms with E-state index in [1.807, 2.05) is 0 Å². The van der Waals surface area contributed by atoms with Crippen molar-refractivity contribution in [2.75, 3.05) is 11.4 Å². The van der Waals surface area contributed by atoms with Gasteiger partial charge in [-0.3, -0.25) is 5.41 Å². The maximum atomic E-state index is 7.62. The Kier molecular flexibility index (Phi) is 3.79. The van der Waals surface area contributed by atoms with Crippen LogP contribution in [0.5, 0.6) is 0 Å². The number of anilines is 2. The molecular formula is C21H25N3. The van der Waals surface area contributed by atoms with Crippen LogP contribution in [0.25, 0.3) is 0 Å². The largest absolute Gasteiger partial charge is 0.388 e. The molecule has 0 aromatic heterocycles. The zero-order chi connectivity index (χ0) is 16.6. The van der Waals surface area contributed by atoms with Crippen molar-refractivity contribution < 1.29 is 0 Å². The van der Waals surface area contributed by atoms with E-state index >= 15 is 0 Å². The van der Waals surface area contributed by atoms with E-state index in [1.54, 1.807) is 0 Å². The lowest BCUT2D eigenvalue weighted by Crippen LogP contribution is -2.39. The van der Waals surface area contributed by atoms with E-state index in [4.69, 9.17) is 11.1 Å². The molecule has 3 heteroatoms. The molecule has 0 atom stereocenters. The van der Waals surface area contributed by atoms with Crippen molar-refractivity contribution >= 4 is 17.2 Å². The van der Waals surface area contributed by atoms with Crippen LogP contribution >= 0.6 is 0 Å². The van der Waals surface area contributed by atoms with E-state index in [-0.39, 0.29) is 11.3 Å². The molecule has 2 aromatic rings. The summed E-state index contributed by atoms with van der Waals surface area (Å²) in [5.74, 6) is 0.253. The number of hydrogen-bond acceptors (Lipinski definition) is 2. The number of nitrogens with zero attached hydrogens (tertiary/aromatic N) is 1. The predicted molar refractivity (Wildman–Crippen MR) is 100 cm³/mol. The molecule has 0 amide bonds. The van der Waals surface area contributed by atoms with Crippen LogP contribution in [0.4, 0.5) is 11.4 Å². The molecule has 1 spiro atoms. The van der Waals surface area contributed by atoms with Crippen LogP contribution in [-0.2, 0) is 5.41 Å². The standard InChI is InChI=1S/C21H25N3/c22-20(23)12-15-24-18-10-4-2-8-16(18)21(13-6-1-7-14-21)17-9-3-5-11-19(17)24/h2-5,8-11H,1,6-7,12-15H2,(H3,22,23). The fraction of sp³-hybridized carbons (Fsp3) is 0.381. The van der Waals surface area contributed by atoms with Crippen molar-refractivity contribution in [1.82, 2.24) is 0 Å². The molecule has 1 aliphatic heterocycles. The summed E-state index contributed by atoms with van der Waals surface area (Å²) in [6, 6.07) is 17.7. The Hall–Kier alpha value is -2.29. The summed E-state index contributed by atoms with van der Waals surface area (Å²) in [6.45, 7) is 0.763. The Morgan fingerprint density at radius 2 is 1.46 bits per heavy atom. The molecule has 3 nitrogen and oxygen atoms in total. The van der Waals surface area contributed by atoms with Crippen molar-refractivity contribution in [3.63, 3.8) is 0 Å². The molecule has 1 saturated carbocycles. The molecule has 124 valence electrons. The molecule has 24 heavy (non-hydrogen) atoms. The molecule has 0 unspecified atom stereocenters. The van der Waals surface area contributed by atoms with Gasteiger partial charge in [0.05, 0.1) is 5.84 Å². The van der Waals surface area contributed by atoms with E-state index in [0.29, 0.717) is 6.42 Å². The molecule has 0 bridgehead atoms. The SMILES string of the molecule is N=C(N)CCN1c2ccccc2C2(CCCCC2)c2ccccc21. The first-order chi connectivity index (χ1) is 11.7. The first kappa shape index (κ1) is 15.3. The van der Waals surface area contributed by atoms with Gasteiger partial charge in [-0.15, -0.1) is 0 Å². The van der Waals surface area contributed by atoms with E-state index < -0.39 is 0 Å². The van der Waals surface area contributed by atoms with E-state index in [2.05, 4.69) is 53.4 Å². The first-order valence-electron chi connectivity index (χ1n) is 9.02. The third-order valence-corrected chi connectivity index (χ3v) is 5.73. The maximum Gasteiger partial charge on any atom is 0.0923 e. The summed E-state index contributed by atoms with van der Waals surface area (Å²) < 4.78 is 0. The van der Waals surface area contributed by atoms with E-state index in [0.717, 1.165) is 6.54 Å². The average Bonchev–Trinajstić information content (AvgIpc) is 2.63. The summed E-state index contributed by atoms with van der Waals surface area (Å²) in [5, 5.41) is 7.62. The van der Waals surface area contributed by atoms with Gasteiger partial charge in [0.1, 0.15) is 0 Å². The van der Waals surface area contributed by atoms with Crippen molar-refractivity contribution in [3.8, 4) is 0 Å². The van der Waals surface area contributed by atoms with Crippen LogP contribution in [0.3, 0.4) is 0 Å². The highest BCUT2D eigenvalue weighted by Crippen LogP contribution is 2.55. The summed E-state index contributed by atoms with van der Waals surface area (Å²) in [4.78, 5) is 2.37.